The molecular weight excluding hydrogens is 228 g/mol. The highest BCUT2D eigenvalue weighted by molar-refractivity contribution is 4.88. The van der Waals surface area contributed by atoms with E-state index in [2.05, 4.69) is 0 Å². The van der Waals surface area contributed by atoms with Crippen molar-refractivity contribution in [1.29, 1.82) is 0 Å². The smallest absolute Gasteiger partial charge is 0.186 e. The summed E-state index contributed by atoms with van der Waals surface area (Å²) in [5, 5.41) is 19.8. The molecule has 3 unspecified atom stereocenters. The average molecular weight is 250 g/mol. The highest BCUT2D eigenvalue weighted by Crippen LogP contribution is 2.23. The first-order valence-electron chi connectivity index (χ1n) is 5.85. The molecule has 6 nitrogen and oxygen atoms in total. The van der Waals surface area contributed by atoms with E-state index in [0.717, 1.165) is 0 Å². The Morgan fingerprint density at radius 2 is 1.88 bits per heavy atom. The summed E-state index contributed by atoms with van der Waals surface area (Å²) in [5.41, 5.74) is 0. The summed E-state index contributed by atoms with van der Waals surface area (Å²) < 4.78 is 20.8. The predicted molar refractivity (Wildman–Crippen MR) is 59.6 cm³/mol. The lowest BCUT2D eigenvalue weighted by molar-refractivity contribution is -0.294. The normalized spacial score (nSPS) is 38.3. The van der Waals surface area contributed by atoms with E-state index >= 15 is 0 Å². The predicted octanol–water partition coefficient (Wildman–Crippen LogP) is -0.479. The zero-order valence-electron chi connectivity index (χ0n) is 10.5. The van der Waals surface area contributed by atoms with Gasteiger partial charge in [-0.15, -0.1) is 0 Å². The highest BCUT2D eigenvalue weighted by atomic mass is 16.7. The van der Waals surface area contributed by atoms with Crippen LogP contribution >= 0.6 is 0 Å². The average Bonchev–Trinajstić information content (AvgIpc) is 2.33. The summed E-state index contributed by atoms with van der Waals surface area (Å²) in [6, 6.07) is 0. The van der Waals surface area contributed by atoms with Crippen LogP contribution in [0.25, 0.3) is 0 Å². The second-order valence-electron chi connectivity index (χ2n) is 3.96. The Hall–Kier alpha value is -0.240. The molecule has 1 saturated heterocycles. The molecule has 0 bridgehead atoms. The lowest BCUT2D eigenvalue weighted by Crippen LogP contribution is -2.58. The van der Waals surface area contributed by atoms with Crippen molar-refractivity contribution in [3.8, 4) is 0 Å². The monoisotopic (exact) mass is 250 g/mol. The molecule has 0 spiro atoms. The number of hydrogen-bond acceptors (Lipinski definition) is 6. The minimum Gasteiger partial charge on any atom is -0.388 e. The number of hydrogen-bond donors (Lipinski definition) is 2. The third kappa shape index (κ3) is 3.87. The van der Waals surface area contributed by atoms with Gasteiger partial charge < -0.3 is 29.2 Å². The maximum atomic E-state index is 9.90. The minimum atomic E-state index is -1.01. The molecule has 1 rings (SSSR count). The van der Waals surface area contributed by atoms with E-state index in [4.69, 9.17) is 18.9 Å². The van der Waals surface area contributed by atoms with Gasteiger partial charge in [-0.2, -0.15) is 0 Å². The first-order valence-corrected chi connectivity index (χ1v) is 5.85. The van der Waals surface area contributed by atoms with Gasteiger partial charge in [-0.1, -0.05) is 0 Å². The van der Waals surface area contributed by atoms with Crippen LogP contribution in [0.4, 0.5) is 0 Å². The lowest BCUT2D eigenvalue weighted by Gasteiger charge is -2.40. The fraction of sp³-hybridized carbons (Fsp3) is 1.00. The second-order valence-corrected chi connectivity index (χ2v) is 3.96. The molecule has 0 saturated carbocycles. The van der Waals surface area contributed by atoms with E-state index in [1.165, 1.54) is 7.11 Å². The zero-order chi connectivity index (χ0) is 12.8. The molecule has 0 radical (unpaired) electrons. The fourth-order valence-corrected chi connectivity index (χ4v) is 1.78. The third-order valence-corrected chi connectivity index (χ3v) is 2.76. The molecular formula is C11H22O6. The Labute approximate surface area is 101 Å². The molecule has 2 N–H and O–H groups in total. The SMILES string of the molecule is CCOCCOC1C(O)[C@H](OC)OC(C)[C@H]1O. The quantitative estimate of drug-likeness (QED) is 0.620. The standard InChI is InChI=1S/C11H22O6/c1-4-15-5-6-16-10-8(12)7(2)17-11(14-3)9(10)13/h7-13H,4-6H2,1-3H3/t7?,8-,9?,10?,11-/m1/s1. The molecule has 17 heavy (non-hydrogen) atoms. The van der Waals surface area contributed by atoms with Gasteiger partial charge in [0.1, 0.15) is 18.3 Å². The number of rotatable bonds is 6. The maximum absolute atomic E-state index is 9.90. The van der Waals surface area contributed by atoms with Gasteiger partial charge in [0, 0.05) is 13.7 Å². The van der Waals surface area contributed by atoms with Gasteiger partial charge in [0.25, 0.3) is 0 Å². The molecule has 1 aliphatic heterocycles. The zero-order valence-corrected chi connectivity index (χ0v) is 10.5. The fourth-order valence-electron chi connectivity index (χ4n) is 1.78. The molecule has 6 heteroatoms. The summed E-state index contributed by atoms with van der Waals surface area (Å²) >= 11 is 0. The van der Waals surface area contributed by atoms with E-state index in [-0.39, 0.29) is 0 Å². The lowest BCUT2D eigenvalue weighted by atomic mass is 10.00. The molecule has 1 aliphatic rings. The van der Waals surface area contributed by atoms with Crippen molar-refractivity contribution < 1.29 is 29.2 Å². The van der Waals surface area contributed by atoms with Gasteiger partial charge in [0.05, 0.1) is 19.3 Å². The van der Waals surface area contributed by atoms with E-state index in [1.807, 2.05) is 6.92 Å². The number of aliphatic hydroxyl groups excluding tert-OH is 2. The third-order valence-electron chi connectivity index (χ3n) is 2.76. The summed E-state index contributed by atoms with van der Waals surface area (Å²) in [6.07, 6.45) is -3.82. The van der Waals surface area contributed by atoms with Crippen LogP contribution in [0.5, 0.6) is 0 Å². The molecule has 0 aromatic heterocycles. The Morgan fingerprint density at radius 1 is 1.18 bits per heavy atom. The van der Waals surface area contributed by atoms with Crippen molar-refractivity contribution >= 4 is 0 Å². The van der Waals surface area contributed by atoms with Crippen LogP contribution in [0.15, 0.2) is 0 Å². The van der Waals surface area contributed by atoms with Crippen LogP contribution in [-0.4, -0.2) is 67.8 Å². The summed E-state index contributed by atoms with van der Waals surface area (Å²) in [7, 11) is 1.44. The Bertz CT molecular complexity index is 212. The van der Waals surface area contributed by atoms with Gasteiger partial charge in [0.2, 0.25) is 0 Å². The van der Waals surface area contributed by atoms with Gasteiger partial charge in [-0.3, -0.25) is 0 Å². The minimum absolute atomic E-state index is 0.315. The van der Waals surface area contributed by atoms with Crippen molar-refractivity contribution in [2.24, 2.45) is 0 Å². The topological polar surface area (TPSA) is 77.4 Å². The molecule has 0 aliphatic carbocycles. The molecule has 5 atom stereocenters. The van der Waals surface area contributed by atoms with Crippen LogP contribution < -0.4 is 0 Å². The molecule has 0 amide bonds. The number of aliphatic hydroxyl groups is 2. The Kier molecular flexibility index (Phi) is 6.32. The van der Waals surface area contributed by atoms with E-state index in [0.29, 0.717) is 19.8 Å². The molecule has 0 aromatic carbocycles. The van der Waals surface area contributed by atoms with Crippen LogP contribution in [-0.2, 0) is 18.9 Å². The molecule has 0 aromatic rings. The van der Waals surface area contributed by atoms with Crippen molar-refractivity contribution in [2.75, 3.05) is 26.9 Å². The summed E-state index contributed by atoms with van der Waals surface area (Å²) in [4.78, 5) is 0. The van der Waals surface area contributed by atoms with Crippen LogP contribution in [0.1, 0.15) is 13.8 Å². The summed E-state index contributed by atoms with van der Waals surface area (Å²) in [6.45, 7) is 4.96. The summed E-state index contributed by atoms with van der Waals surface area (Å²) in [5.74, 6) is 0. The van der Waals surface area contributed by atoms with Crippen molar-refractivity contribution in [1.82, 2.24) is 0 Å². The highest BCUT2D eigenvalue weighted by Gasteiger charge is 2.43. The van der Waals surface area contributed by atoms with E-state index in [1.54, 1.807) is 6.92 Å². The van der Waals surface area contributed by atoms with Gasteiger partial charge in [0.15, 0.2) is 6.29 Å². The van der Waals surface area contributed by atoms with E-state index in [9.17, 15) is 10.2 Å². The largest absolute Gasteiger partial charge is 0.388 e. The van der Waals surface area contributed by atoms with Crippen molar-refractivity contribution in [3.05, 3.63) is 0 Å². The van der Waals surface area contributed by atoms with Gasteiger partial charge in [-0.25, -0.2) is 0 Å². The Balaban J connectivity index is 2.47. The number of methoxy groups -OCH3 is 1. The molecule has 102 valence electrons. The van der Waals surface area contributed by atoms with Crippen LogP contribution in [0.3, 0.4) is 0 Å². The maximum Gasteiger partial charge on any atom is 0.186 e. The first-order chi connectivity index (χ1) is 8.11. The van der Waals surface area contributed by atoms with Crippen LogP contribution in [0, 0.1) is 0 Å². The van der Waals surface area contributed by atoms with Gasteiger partial charge in [-0.05, 0) is 13.8 Å². The van der Waals surface area contributed by atoms with Crippen molar-refractivity contribution in [3.63, 3.8) is 0 Å². The second kappa shape index (κ2) is 7.25. The molecule has 1 heterocycles. The Morgan fingerprint density at radius 3 is 2.47 bits per heavy atom. The van der Waals surface area contributed by atoms with Crippen LogP contribution in [0.2, 0.25) is 0 Å². The van der Waals surface area contributed by atoms with E-state index < -0.39 is 30.7 Å². The molecule has 1 fully saturated rings. The number of ether oxygens (including phenoxy) is 4. The van der Waals surface area contributed by atoms with Crippen molar-refractivity contribution in [2.45, 2.75) is 44.6 Å². The first kappa shape index (κ1) is 14.8. The van der Waals surface area contributed by atoms with Gasteiger partial charge >= 0.3 is 0 Å².